The largest absolute Gasteiger partial charge is 0.418 e. The highest BCUT2D eigenvalue weighted by Gasteiger charge is 2.34. The summed E-state index contributed by atoms with van der Waals surface area (Å²) in [5.74, 6) is -3.19. The predicted octanol–water partition coefficient (Wildman–Crippen LogP) is 4.73. The third-order valence-corrected chi connectivity index (χ3v) is 3.69. The van der Waals surface area contributed by atoms with E-state index in [1.807, 2.05) is 0 Å². The zero-order valence-electron chi connectivity index (χ0n) is 13.8. The van der Waals surface area contributed by atoms with Crippen molar-refractivity contribution < 1.29 is 26.7 Å². The van der Waals surface area contributed by atoms with E-state index in [0.29, 0.717) is 11.8 Å². The molecule has 0 aliphatic heterocycles. The molecule has 3 rings (SSSR count). The molecule has 0 saturated heterocycles. The highest BCUT2D eigenvalue weighted by molar-refractivity contribution is 6.04. The molecule has 1 N–H and O–H groups in total. The van der Waals surface area contributed by atoms with E-state index in [1.165, 1.54) is 24.3 Å². The van der Waals surface area contributed by atoms with Gasteiger partial charge in [0.15, 0.2) is 11.6 Å². The molecule has 0 radical (unpaired) electrons. The summed E-state index contributed by atoms with van der Waals surface area (Å²) in [7, 11) is 0. The summed E-state index contributed by atoms with van der Waals surface area (Å²) in [6, 6.07) is 8.66. The molecular weight excluding hydrogens is 369 g/mol. The second-order valence-electron chi connectivity index (χ2n) is 5.68. The molecule has 0 spiro atoms. The maximum Gasteiger partial charge on any atom is 0.418 e. The lowest BCUT2D eigenvalue weighted by molar-refractivity contribution is -0.137. The maximum atomic E-state index is 13.3. The number of amides is 1. The van der Waals surface area contributed by atoms with Crippen LogP contribution in [0.15, 0.2) is 48.5 Å². The maximum absolute atomic E-state index is 13.3. The first kappa shape index (κ1) is 18.6. The number of alkyl halides is 3. The highest BCUT2D eigenvalue weighted by atomic mass is 19.4. The summed E-state index contributed by atoms with van der Waals surface area (Å²) in [5.41, 5.74) is -1.05. The fourth-order valence-electron chi connectivity index (χ4n) is 2.50. The molecule has 9 heteroatoms. The number of hydrogen-bond donors (Lipinski definition) is 1. The number of nitrogens with one attached hydrogen (secondary N) is 1. The van der Waals surface area contributed by atoms with Crippen molar-refractivity contribution in [2.75, 3.05) is 5.32 Å². The molecule has 3 aromatic rings. The molecular formula is C18H12F5N3O. The van der Waals surface area contributed by atoms with E-state index >= 15 is 0 Å². The molecule has 0 aliphatic carbocycles. The van der Waals surface area contributed by atoms with Gasteiger partial charge in [0, 0.05) is 11.6 Å². The van der Waals surface area contributed by atoms with Gasteiger partial charge in [-0.2, -0.15) is 18.3 Å². The average Bonchev–Trinajstić information content (AvgIpc) is 2.96. The van der Waals surface area contributed by atoms with Crippen LogP contribution in [-0.4, -0.2) is 15.7 Å². The molecule has 0 fully saturated rings. The first-order valence-corrected chi connectivity index (χ1v) is 7.66. The van der Waals surface area contributed by atoms with Gasteiger partial charge in [-0.05, 0) is 37.3 Å². The number of hydrogen-bond acceptors (Lipinski definition) is 2. The minimum atomic E-state index is -4.63. The number of aromatic nitrogens is 2. The molecule has 2 aromatic carbocycles. The number of para-hydroxylation sites is 1. The lowest BCUT2D eigenvalue weighted by atomic mass is 10.1. The van der Waals surface area contributed by atoms with Crippen LogP contribution in [-0.2, 0) is 6.18 Å². The van der Waals surface area contributed by atoms with Crippen LogP contribution in [0, 0.1) is 18.6 Å². The SMILES string of the molecule is Cc1cc(NC(=O)c2ccc(F)c(F)c2)n(-c2ccccc2C(F)(F)F)n1. The Bertz CT molecular complexity index is 1010. The first-order valence-electron chi connectivity index (χ1n) is 7.66. The topological polar surface area (TPSA) is 46.9 Å². The van der Waals surface area contributed by atoms with Crippen molar-refractivity contribution in [3.63, 3.8) is 0 Å². The third kappa shape index (κ3) is 3.81. The Balaban J connectivity index is 2.01. The summed E-state index contributed by atoms with van der Waals surface area (Å²) in [6.07, 6.45) is -4.63. The second kappa shape index (κ2) is 6.82. The van der Waals surface area contributed by atoms with Crippen molar-refractivity contribution in [2.45, 2.75) is 13.1 Å². The Hall–Kier alpha value is -3.23. The van der Waals surface area contributed by atoms with E-state index in [4.69, 9.17) is 0 Å². The lowest BCUT2D eigenvalue weighted by Crippen LogP contribution is -2.17. The van der Waals surface area contributed by atoms with E-state index in [2.05, 4.69) is 10.4 Å². The molecule has 1 aromatic heterocycles. The van der Waals surface area contributed by atoms with E-state index < -0.39 is 29.3 Å². The van der Waals surface area contributed by atoms with E-state index in [0.717, 1.165) is 22.9 Å². The van der Waals surface area contributed by atoms with Gasteiger partial charge in [0.25, 0.3) is 5.91 Å². The summed E-state index contributed by atoms with van der Waals surface area (Å²) < 4.78 is 67.1. The van der Waals surface area contributed by atoms with Gasteiger partial charge in [0.2, 0.25) is 0 Å². The van der Waals surface area contributed by atoms with E-state index in [-0.39, 0.29) is 17.1 Å². The van der Waals surface area contributed by atoms with Crippen molar-refractivity contribution in [1.82, 2.24) is 9.78 Å². The van der Waals surface area contributed by atoms with Gasteiger partial charge in [-0.3, -0.25) is 4.79 Å². The van der Waals surface area contributed by atoms with Crippen LogP contribution in [0.3, 0.4) is 0 Å². The van der Waals surface area contributed by atoms with Crippen LogP contribution >= 0.6 is 0 Å². The number of nitrogens with zero attached hydrogens (tertiary/aromatic N) is 2. The second-order valence-corrected chi connectivity index (χ2v) is 5.68. The minimum Gasteiger partial charge on any atom is -0.306 e. The summed E-state index contributed by atoms with van der Waals surface area (Å²) >= 11 is 0. The molecule has 0 aliphatic rings. The summed E-state index contributed by atoms with van der Waals surface area (Å²) in [6.45, 7) is 1.54. The molecule has 1 amide bonds. The molecule has 0 atom stereocenters. The van der Waals surface area contributed by atoms with Gasteiger partial charge in [-0.1, -0.05) is 12.1 Å². The molecule has 0 unspecified atom stereocenters. The monoisotopic (exact) mass is 381 g/mol. The number of carbonyl (C=O) groups is 1. The van der Waals surface area contributed by atoms with Crippen molar-refractivity contribution in [2.24, 2.45) is 0 Å². The van der Waals surface area contributed by atoms with Crippen LogP contribution < -0.4 is 5.32 Å². The fraction of sp³-hybridized carbons (Fsp3) is 0.111. The normalized spacial score (nSPS) is 11.5. The van der Waals surface area contributed by atoms with Gasteiger partial charge in [0.05, 0.1) is 16.9 Å². The molecule has 4 nitrogen and oxygen atoms in total. The Morgan fingerprint density at radius 2 is 1.74 bits per heavy atom. The molecule has 0 bridgehead atoms. The first-order chi connectivity index (χ1) is 12.7. The summed E-state index contributed by atoms with van der Waals surface area (Å²) in [5, 5.41) is 6.38. The molecule has 140 valence electrons. The van der Waals surface area contributed by atoms with Crippen molar-refractivity contribution >= 4 is 11.7 Å². The summed E-state index contributed by atoms with van der Waals surface area (Å²) in [4.78, 5) is 12.3. The average molecular weight is 381 g/mol. The standard InChI is InChI=1S/C18H12F5N3O/c1-10-8-16(24-17(27)11-6-7-13(19)14(20)9-11)26(25-10)15-5-3-2-4-12(15)18(21,22)23/h2-9H,1H3,(H,24,27). The number of benzene rings is 2. The zero-order valence-corrected chi connectivity index (χ0v) is 13.8. The third-order valence-electron chi connectivity index (χ3n) is 3.69. The van der Waals surface area contributed by atoms with Crippen LogP contribution in [0.25, 0.3) is 5.69 Å². The molecule has 1 heterocycles. The van der Waals surface area contributed by atoms with Gasteiger partial charge >= 0.3 is 6.18 Å². The molecule has 27 heavy (non-hydrogen) atoms. The quantitative estimate of drug-likeness (QED) is 0.667. The van der Waals surface area contributed by atoms with Crippen LogP contribution in [0.1, 0.15) is 21.6 Å². The van der Waals surface area contributed by atoms with Crippen molar-refractivity contribution in [3.05, 3.63) is 77.0 Å². The van der Waals surface area contributed by atoms with Gasteiger partial charge < -0.3 is 5.32 Å². The van der Waals surface area contributed by atoms with Gasteiger partial charge in [-0.15, -0.1) is 0 Å². The Morgan fingerprint density at radius 3 is 2.41 bits per heavy atom. The lowest BCUT2D eigenvalue weighted by Gasteiger charge is -2.15. The van der Waals surface area contributed by atoms with Gasteiger partial charge in [-0.25, -0.2) is 13.5 Å². The van der Waals surface area contributed by atoms with Gasteiger partial charge in [0.1, 0.15) is 5.82 Å². The predicted molar refractivity (Wildman–Crippen MR) is 87.6 cm³/mol. The number of rotatable bonds is 3. The van der Waals surface area contributed by atoms with Crippen molar-refractivity contribution in [3.8, 4) is 5.69 Å². The Kier molecular flexibility index (Phi) is 4.69. The Morgan fingerprint density at radius 1 is 1.04 bits per heavy atom. The Labute approximate surface area is 150 Å². The number of halogens is 5. The highest BCUT2D eigenvalue weighted by Crippen LogP contribution is 2.34. The van der Waals surface area contributed by atoms with E-state index in [9.17, 15) is 26.7 Å². The van der Waals surface area contributed by atoms with Crippen molar-refractivity contribution in [1.29, 1.82) is 0 Å². The van der Waals surface area contributed by atoms with Crippen LogP contribution in [0.5, 0.6) is 0 Å². The number of anilines is 1. The zero-order chi connectivity index (χ0) is 19.8. The van der Waals surface area contributed by atoms with E-state index in [1.54, 1.807) is 6.92 Å². The van der Waals surface area contributed by atoms with Crippen LogP contribution in [0.2, 0.25) is 0 Å². The number of aryl methyl sites for hydroxylation is 1. The van der Waals surface area contributed by atoms with Crippen LogP contribution in [0.4, 0.5) is 27.8 Å². The fourth-order valence-corrected chi connectivity index (χ4v) is 2.50. The molecule has 0 saturated carbocycles. The minimum absolute atomic E-state index is 0.0427. The smallest absolute Gasteiger partial charge is 0.306 e. The number of carbonyl (C=O) groups excluding carboxylic acids is 1.